The van der Waals surface area contributed by atoms with E-state index in [9.17, 15) is 13.2 Å². The van der Waals surface area contributed by atoms with Gasteiger partial charge in [-0.1, -0.05) is 26.2 Å². The smallest absolute Gasteiger partial charge is 0.251 e. The Kier molecular flexibility index (Phi) is 6.68. The molecule has 21 heavy (non-hydrogen) atoms. The molecule has 0 saturated heterocycles. The Morgan fingerprint density at radius 2 is 1.81 bits per heavy atom. The first kappa shape index (κ1) is 17.5. The molecular weight excluding hydrogens is 288 g/mol. The number of hydrogen-bond acceptors (Lipinski definition) is 3. The number of benzene rings is 1. The maximum atomic E-state index is 12.0. The van der Waals surface area contributed by atoms with E-state index in [1.165, 1.54) is 6.42 Å². The summed E-state index contributed by atoms with van der Waals surface area (Å²) in [6.07, 6.45) is 5.50. The van der Waals surface area contributed by atoms with Gasteiger partial charge in [0.2, 0.25) is 10.0 Å². The van der Waals surface area contributed by atoms with E-state index in [0.29, 0.717) is 11.3 Å². The zero-order valence-corrected chi connectivity index (χ0v) is 13.7. The van der Waals surface area contributed by atoms with E-state index < -0.39 is 10.0 Å². The molecule has 0 saturated carbocycles. The SMILES string of the molecule is CCCCCC(C)NC(=O)c1ccc(NS(C)(=O)=O)cc1. The molecule has 1 aromatic carbocycles. The lowest BCUT2D eigenvalue weighted by atomic mass is 10.1. The highest BCUT2D eigenvalue weighted by atomic mass is 32.2. The minimum atomic E-state index is -3.29. The van der Waals surface area contributed by atoms with Crippen LogP contribution in [0.5, 0.6) is 0 Å². The van der Waals surface area contributed by atoms with Gasteiger partial charge in [-0.3, -0.25) is 9.52 Å². The molecule has 118 valence electrons. The van der Waals surface area contributed by atoms with Crippen LogP contribution < -0.4 is 10.0 Å². The van der Waals surface area contributed by atoms with Crippen molar-refractivity contribution in [1.29, 1.82) is 0 Å². The summed E-state index contributed by atoms with van der Waals surface area (Å²) in [5, 5.41) is 2.95. The van der Waals surface area contributed by atoms with E-state index in [1.807, 2.05) is 6.92 Å². The average molecular weight is 312 g/mol. The standard InChI is InChI=1S/C15H24N2O3S/c1-4-5-6-7-12(2)16-15(18)13-8-10-14(11-9-13)17-21(3,19)20/h8-12,17H,4-7H2,1-3H3,(H,16,18). The number of rotatable bonds is 8. The molecule has 0 fully saturated rings. The summed E-state index contributed by atoms with van der Waals surface area (Å²) in [6.45, 7) is 4.14. The summed E-state index contributed by atoms with van der Waals surface area (Å²) < 4.78 is 24.6. The van der Waals surface area contributed by atoms with Gasteiger partial charge in [-0.05, 0) is 37.6 Å². The number of anilines is 1. The molecule has 0 bridgehead atoms. The molecule has 1 rings (SSSR count). The van der Waals surface area contributed by atoms with Gasteiger partial charge in [0.15, 0.2) is 0 Å². The van der Waals surface area contributed by atoms with Crippen molar-refractivity contribution in [3.05, 3.63) is 29.8 Å². The predicted octanol–water partition coefficient (Wildman–Crippen LogP) is 2.76. The molecular formula is C15H24N2O3S. The van der Waals surface area contributed by atoms with Crippen LogP contribution in [0, 0.1) is 0 Å². The number of sulfonamides is 1. The molecule has 1 aromatic rings. The molecule has 0 aliphatic rings. The zero-order valence-electron chi connectivity index (χ0n) is 12.8. The Morgan fingerprint density at radius 1 is 1.19 bits per heavy atom. The van der Waals surface area contributed by atoms with Crippen molar-refractivity contribution >= 4 is 21.6 Å². The van der Waals surface area contributed by atoms with Crippen LogP contribution in [0.2, 0.25) is 0 Å². The number of carbonyl (C=O) groups excluding carboxylic acids is 1. The number of amides is 1. The first-order valence-electron chi connectivity index (χ1n) is 7.20. The molecule has 5 nitrogen and oxygen atoms in total. The minimum Gasteiger partial charge on any atom is -0.350 e. The fraction of sp³-hybridized carbons (Fsp3) is 0.533. The van der Waals surface area contributed by atoms with Crippen molar-refractivity contribution in [2.75, 3.05) is 11.0 Å². The number of unbranched alkanes of at least 4 members (excludes halogenated alkanes) is 2. The van der Waals surface area contributed by atoms with Gasteiger partial charge in [0.1, 0.15) is 0 Å². The zero-order chi connectivity index (χ0) is 15.9. The first-order valence-corrected chi connectivity index (χ1v) is 9.09. The second-order valence-corrected chi connectivity index (χ2v) is 7.07. The molecule has 1 amide bonds. The molecule has 0 heterocycles. The van der Waals surface area contributed by atoms with Crippen LogP contribution in [0.4, 0.5) is 5.69 Å². The van der Waals surface area contributed by atoms with Gasteiger partial charge in [0.25, 0.3) is 5.91 Å². The predicted molar refractivity (Wildman–Crippen MR) is 86.0 cm³/mol. The summed E-state index contributed by atoms with van der Waals surface area (Å²) in [7, 11) is -3.29. The summed E-state index contributed by atoms with van der Waals surface area (Å²) in [5.41, 5.74) is 0.974. The van der Waals surface area contributed by atoms with Gasteiger partial charge in [0.05, 0.1) is 6.26 Å². The van der Waals surface area contributed by atoms with Gasteiger partial charge in [0, 0.05) is 17.3 Å². The number of hydrogen-bond donors (Lipinski definition) is 2. The average Bonchev–Trinajstić information content (AvgIpc) is 2.38. The Bertz CT molecular complexity index is 553. The van der Waals surface area contributed by atoms with E-state index >= 15 is 0 Å². The lowest BCUT2D eigenvalue weighted by Gasteiger charge is -2.14. The largest absolute Gasteiger partial charge is 0.350 e. The summed E-state index contributed by atoms with van der Waals surface area (Å²) >= 11 is 0. The van der Waals surface area contributed by atoms with Crippen LogP contribution in [0.3, 0.4) is 0 Å². The second kappa shape index (κ2) is 8.02. The molecule has 0 aliphatic carbocycles. The van der Waals surface area contributed by atoms with Crippen LogP contribution in [-0.4, -0.2) is 26.6 Å². The van der Waals surface area contributed by atoms with Crippen molar-refractivity contribution in [1.82, 2.24) is 5.32 Å². The summed E-state index contributed by atoms with van der Waals surface area (Å²) in [4.78, 5) is 12.0. The Morgan fingerprint density at radius 3 is 2.33 bits per heavy atom. The highest BCUT2D eigenvalue weighted by Crippen LogP contribution is 2.11. The first-order chi connectivity index (χ1) is 9.81. The third kappa shape index (κ3) is 7.13. The summed E-state index contributed by atoms with van der Waals surface area (Å²) in [6, 6.07) is 6.52. The number of nitrogens with one attached hydrogen (secondary N) is 2. The van der Waals surface area contributed by atoms with Gasteiger partial charge in [-0.2, -0.15) is 0 Å². The second-order valence-electron chi connectivity index (χ2n) is 5.32. The highest BCUT2D eigenvalue weighted by Gasteiger charge is 2.10. The van der Waals surface area contributed by atoms with Crippen LogP contribution in [-0.2, 0) is 10.0 Å². The Balaban J connectivity index is 2.55. The van der Waals surface area contributed by atoms with Crippen molar-refractivity contribution in [3.63, 3.8) is 0 Å². The van der Waals surface area contributed by atoms with Crippen LogP contribution in [0.1, 0.15) is 49.9 Å². The van der Waals surface area contributed by atoms with E-state index in [-0.39, 0.29) is 11.9 Å². The Hall–Kier alpha value is -1.56. The fourth-order valence-corrected chi connectivity index (χ4v) is 2.55. The van der Waals surface area contributed by atoms with Crippen LogP contribution in [0.25, 0.3) is 0 Å². The van der Waals surface area contributed by atoms with E-state index in [2.05, 4.69) is 17.0 Å². The van der Waals surface area contributed by atoms with Crippen molar-refractivity contribution in [3.8, 4) is 0 Å². The molecule has 0 aromatic heterocycles. The molecule has 1 unspecified atom stereocenters. The highest BCUT2D eigenvalue weighted by molar-refractivity contribution is 7.92. The molecule has 0 radical (unpaired) electrons. The quantitative estimate of drug-likeness (QED) is 0.725. The molecule has 6 heteroatoms. The van der Waals surface area contributed by atoms with E-state index in [1.54, 1.807) is 24.3 Å². The van der Waals surface area contributed by atoms with E-state index in [4.69, 9.17) is 0 Å². The minimum absolute atomic E-state index is 0.134. The third-order valence-electron chi connectivity index (χ3n) is 3.07. The van der Waals surface area contributed by atoms with Crippen molar-refractivity contribution in [2.45, 2.75) is 45.6 Å². The van der Waals surface area contributed by atoms with E-state index in [0.717, 1.165) is 25.5 Å². The monoisotopic (exact) mass is 312 g/mol. The maximum absolute atomic E-state index is 12.0. The summed E-state index contributed by atoms with van der Waals surface area (Å²) in [5.74, 6) is -0.134. The van der Waals surface area contributed by atoms with Crippen LogP contribution >= 0.6 is 0 Å². The van der Waals surface area contributed by atoms with Gasteiger partial charge in [-0.15, -0.1) is 0 Å². The molecule has 0 spiro atoms. The maximum Gasteiger partial charge on any atom is 0.251 e. The lowest BCUT2D eigenvalue weighted by Crippen LogP contribution is -2.32. The lowest BCUT2D eigenvalue weighted by molar-refractivity contribution is 0.0938. The van der Waals surface area contributed by atoms with Gasteiger partial charge >= 0.3 is 0 Å². The topological polar surface area (TPSA) is 75.3 Å². The molecule has 2 N–H and O–H groups in total. The molecule has 1 atom stereocenters. The molecule has 0 aliphatic heterocycles. The van der Waals surface area contributed by atoms with Gasteiger partial charge in [-0.25, -0.2) is 8.42 Å². The third-order valence-corrected chi connectivity index (χ3v) is 3.68. The van der Waals surface area contributed by atoms with Crippen LogP contribution in [0.15, 0.2) is 24.3 Å². The number of carbonyl (C=O) groups is 1. The fourth-order valence-electron chi connectivity index (χ4n) is 1.98. The van der Waals surface area contributed by atoms with Crippen molar-refractivity contribution < 1.29 is 13.2 Å². The Labute approximate surface area is 127 Å². The normalized spacial score (nSPS) is 12.7. The van der Waals surface area contributed by atoms with Crippen molar-refractivity contribution in [2.24, 2.45) is 0 Å². The van der Waals surface area contributed by atoms with Gasteiger partial charge < -0.3 is 5.32 Å².